The van der Waals surface area contributed by atoms with Crippen LogP contribution in [0.5, 0.6) is 0 Å². The van der Waals surface area contributed by atoms with Gasteiger partial charge in [0.1, 0.15) is 5.82 Å². The Morgan fingerprint density at radius 3 is 2.78 bits per heavy atom. The number of likely N-dealkylation sites (N-methyl/N-ethyl adjacent to an activating group) is 1. The Labute approximate surface area is 153 Å². The third-order valence-corrected chi connectivity index (χ3v) is 4.71. The van der Waals surface area contributed by atoms with E-state index in [2.05, 4.69) is 10.3 Å². The number of H-pyrrole nitrogens is 1. The normalized spacial score (nSPS) is 13.6. The maximum Gasteiger partial charge on any atom is 0.256 e. The average Bonchev–Trinajstić information content (AvgIpc) is 2.65. The van der Waals surface area contributed by atoms with E-state index in [9.17, 15) is 18.8 Å². The standard InChI is InChI=1S/C20H16FN3O3/c1-24-7-6-11-2-4-13(9-14(11)20(24)27)22-19(26)16-10-18(25)23-17-5-3-12(21)8-15(16)17/h2-5,8-10H,6-7H2,1H3,(H,22,26)(H,23,25). The molecule has 27 heavy (non-hydrogen) atoms. The number of hydrogen-bond donors (Lipinski definition) is 2. The van der Waals surface area contributed by atoms with Crippen molar-refractivity contribution in [3.8, 4) is 0 Å². The van der Waals surface area contributed by atoms with E-state index in [1.54, 1.807) is 24.1 Å². The summed E-state index contributed by atoms with van der Waals surface area (Å²) >= 11 is 0. The maximum absolute atomic E-state index is 13.6. The molecule has 0 atom stereocenters. The molecule has 7 heteroatoms. The van der Waals surface area contributed by atoms with Crippen LogP contribution in [-0.4, -0.2) is 35.3 Å². The number of rotatable bonds is 2. The van der Waals surface area contributed by atoms with Gasteiger partial charge in [0.15, 0.2) is 0 Å². The number of hydrogen-bond acceptors (Lipinski definition) is 3. The molecular formula is C20H16FN3O3. The summed E-state index contributed by atoms with van der Waals surface area (Å²) in [6.07, 6.45) is 0.754. The number of nitrogens with one attached hydrogen (secondary N) is 2. The van der Waals surface area contributed by atoms with Crippen molar-refractivity contribution in [1.29, 1.82) is 0 Å². The van der Waals surface area contributed by atoms with Gasteiger partial charge in [0.05, 0.1) is 5.56 Å². The summed E-state index contributed by atoms with van der Waals surface area (Å²) in [6.45, 7) is 0.655. The molecule has 0 unspecified atom stereocenters. The monoisotopic (exact) mass is 365 g/mol. The second-order valence-electron chi connectivity index (χ2n) is 6.54. The van der Waals surface area contributed by atoms with Crippen molar-refractivity contribution in [2.45, 2.75) is 6.42 Å². The summed E-state index contributed by atoms with van der Waals surface area (Å²) in [5, 5.41) is 3.00. The Kier molecular flexibility index (Phi) is 3.99. The van der Waals surface area contributed by atoms with Gasteiger partial charge in [-0.3, -0.25) is 14.4 Å². The molecule has 0 saturated heterocycles. The summed E-state index contributed by atoms with van der Waals surface area (Å²) in [4.78, 5) is 41.1. The van der Waals surface area contributed by atoms with Crippen LogP contribution in [0, 0.1) is 5.82 Å². The van der Waals surface area contributed by atoms with Gasteiger partial charge in [0.2, 0.25) is 5.56 Å². The fourth-order valence-corrected chi connectivity index (χ4v) is 3.28. The molecule has 3 aromatic rings. The number of benzene rings is 2. The highest BCUT2D eigenvalue weighted by molar-refractivity contribution is 6.12. The molecule has 1 aromatic heterocycles. The molecule has 2 amide bonds. The van der Waals surface area contributed by atoms with Crippen LogP contribution in [0.3, 0.4) is 0 Å². The number of halogens is 1. The lowest BCUT2D eigenvalue weighted by Crippen LogP contribution is -2.34. The van der Waals surface area contributed by atoms with Gasteiger partial charge < -0.3 is 15.2 Å². The molecule has 1 aliphatic heterocycles. The minimum Gasteiger partial charge on any atom is -0.341 e. The largest absolute Gasteiger partial charge is 0.341 e. The molecule has 1 aliphatic rings. The molecular weight excluding hydrogens is 349 g/mol. The lowest BCUT2D eigenvalue weighted by atomic mass is 9.98. The van der Waals surface area contributed by atoms with Crippen LogP contribution in [-0.2, 0) is 6.42 Å². The fraction of sp³-hybridized carbons (Fsp3) is 0.150. The van der Waals surface area contributed by atoms with E-state index in [0.29, 0.717) is 28.7 Å². The first-order valence-electron chi connectivity index (χ1n) is 8.45. The van der Waals surface area contributed by atoms with Crippen LogP contribution in [0.4, 0.5) is 10.1 Å². The van der Waals surface area contributed by atoms with Gasteiger partial charge in [-0.1, -0.05) is 6.07 Å². The van der Waals surface area contributed by atoms with Crippen molar-refractivity contribution >= 4 is 28.4 Å². The zero-order chi connectivity index (χ0) is 19.1. The van der Waals surface area contributed by atoms with E-state index in [4.69, 9.17) is 0 Å². The first kappa shape index (κ1) is 17.0. The lowest BCUT2D eigenvalue weighted by Gasteiger charge is -2.25. The summed E-state index contributed by atoms with van der Waals surface area (Å²) in [7, 11) is 1.73. The molecule has 2 heterocycles. The number of anilines is 1. The minimum absolute atomic E-state index is 0.0643. The highest BCUT2D eigenvalue weighted by atomic mass is 19.1. The zero-order valence-electron chi connectivity index (χ0n) is 14.5. The first-order chi connectivity index (χ1) is 12.9. The van der Waals surface area contributed by atoms with Crippen LogP contribution in [0.15, 0.2) is 47.3 Å². The zero-order valence-corrected chi connectivity index (χ0v) is 14.5. The SMILES string of the molecule is CN1CCc2ccc(NC(=O)c3cc(=O)[nH]c4ccc(F)cc34)cc2C1=O. The minimum atomic E-state index is -0.548. The van der Waals surface area contributed by atoms with Gasteiger partial charge >= 0.3 is 0 Å². The van der Waals surface area contributed by atoms with Crippen molar-refractivity contribution in [3.05, 3.63) is 75.3 Å². The first-order valence-corrected chi connectivity index (χ1v) is 8.45. The second-order valence-corrected chi connectivity index (χ2v) is 6.54. The van der Waals surface area contributed by atoms with Crippen LogP contribution < -0.4 is 10.9 Å². The van der Waals surface area contributed by atoms with E-state index < -0.39 is 17.3 Å². The van der Waals surface area contributed by atoms with Crippen molar-refractivity contribution in [3.63, 3.8) is 0 Å². The quantitative estimate of drug-likeness (QED) is 0.732. The molecule has 0 aliphatic carbocycles. The average molecular weight is 365 g/mol. The lowest BCUT2D eigenvalue weighted by molar-refractivity contribution is 0.0780. The molecule has 2 N–H and O–H groups in total. The topological polar surface area (TPSA) is 82.3 Å². The number of fused-ring (bicyclic) bond motifs is 2. The van der Waals surface area contributed by atoms with Gasteiger partial charge in [-0.15, -0.1) is 0 Å². The van der Waals surface area contributed by atoms with Crippen LogP contribution in [0.25, 0.3) is 10.9 Å². The molecule has 6 nitrogen and oxygen atoms in total. The van der Waals surface area contributed by atoms with Gasteiger partial charge in [-0.05, 0) is 42.3 Å². The molecule has 0 fully saturated rings. The number of nitrogens with zero attached hydrogens (tertiary/aromatic N) is 1. The predicted octanol–water partition coefficient (Wildman–Crippen LogP) is 2.55. The Bertz CT molecular complexity index is 1150. The molecule has 4 rings (SSSR count). The molecule has 136 valence electrons. The van der Waals surface area contributed by atoms with E-state index in [1.165, 1.54) is 18.2 Å². The van der Waals surface area contributed by atoms with Crippen molar-refractivity contribution < 1.29 is 14.0 Å². The number of pyridine rings is 1. The molecule has 0 saturated carbocycles. The second kappa shape index (κ2) is 6.35. The Balaban J connectivity index is 1.71. The highest BCUT2D eigenvalue weighted by Crippen LogP contribution is 2.23. The Hall–Kier alpha value is -3.48. The van der Waals surface area contributed by atoms with Gasteiger partial charge in [-0.25, -0.2) is 4.39 Å². The van der Waals surface area contributed by atoms with Crippen LogP contribution >= 0.6 is 0 Å². The third kappa shape index (κ3) is 3.08. The Morgan fingerprint density at radius 1 is 1.15 bits per heavy atom. The summed E-state index contributed by atoms with van der Waals surface area (Å²) in [5.41, 5.74) is 1.89. The highest BCUT2D eigenvalue weighted by Gasteiger charge is 2.22. The maximum atomic E-state index is 13.6. The predicted molar refractivity (Wildman–Crippen MR) is 99.6 cm³/mol. The summed E-state index contributed by atoms with van der Waals surface area (Å²) < 4.78 is 13.6. The van der Waals surface area contributed by atoms with E-state index in [-0.39, 0.29) is 11.5 Å². The van der Waals surface area contributed by atoms with Gasteiger partial charge in [-0.2, -0.15) is 0 Å². The van der Waals surface area contributed by atoms with Crippen molar-refractivity contribution in [2.24, 2.45) is 0 Å². The summed E-state index contributed by atoms with van der Waals surface area (Å²) in [6, 6.07) is 10.1. The summed E-state index contributed by atoms with van der Waals surface area (Å²) in [5.74, 6) is -1.16. The van der Waals surface area contributed by atoms with Crippen LogP contribution in [0.2, 0.25) is 0 Å². The third-order valence-electron chi connectivity index (χ3n) is 4.71. The van der Waals surface area contributed by atoms with E-state index >= 15 is 0 Å². The number of aromatic amines is 1. The number of carbonyl (C=O) groups excluding carboxylic acids is 2. The van der Waals surface area contributed by atoms with E-state index in [0.717, 1.165) is 18.1 Å². The molecule has 0 spiro atoms. The number of carbonyl (C=O) groups is 2. The smallest absolute Gasteiger partial charge is 0.256 e. The Morgan fingerprint density at radius 2 is 1.96 bits per heavy atom. The molecule has 0 radical (unpaired) electrons. The molecule has 0 bridgehead atoms. The van der Waals surface area contributed by atoms with Crippen molar-refractivity contribution in [2.75, 3.05) is 18.9 Å². The number of amides is 2. The van der Waals surface area contributed by atoms with Crippen LogP contribution in [0.1, 0.15) is 26.3 Å². The van der Waals surface area contributed by atoms with Gasteiger partial charge in [0, 0.05) is 41.8 Å². The van der Waals surface area contributed by atoms with Gasteiger partial charge in [0.25, 0.3) is 11.8 Å². The van der Waals surface area contributed by atoms with Crippen molar-refractivity contribution in [1.82, 2.24) is 9.88 Å². The molecule has 2 aromatic carbocycles. The van der Waals surface area contributed by atoms with E-state index in [1.807, 2.05) is 6.07 Å². The fourth-order valence-electron chi connectivity index (χ4n) is 3.28. The number of aromatic nitrogens is 1.